The topological polar surface area (TPSA) is 157 Å². The molecule has 1 fully saturated rings. The van der Waals surface area contributed by atoms with Crippen LogP contribution in [0.4, 0.5) is 4.79 Å². The van der Waals surface area contributed by atoms with Gasteiger partial charge in [-0.05, 0) is 25.0 Å². The summed E-state index contributed by atoms with van der Waals surface area (Å²) in [5.74, 6) is -1.99. The molecule has 0 aliphatic carbocycles. The second-order valence-electron chi connectivity index (χ2n) is 10.4. The van der Waals surface area contributed by atoms with Crippen molar-refractivity contribution in [2.75, 3.05) is 27.3 Å². The van der Waals surface area contributed by atoms with Crippen molar-refractivity contribution >= 4 is 49.8 Å². The minimum Gasteiger partial charge on any atom is -0.457 e. The number of fused-ring (bicyclic) bond motifs is 2. The van der Waals surface area contributed by atoms with E-state index < -0.39 is 52.0 Å². The molecule has 0 radical (unpaired) electrons. The first-order valence-electron chi connectivity index (χ1n) is 13.6. The first-order valence-corrected chi connectivity index (χ1v) is 15.9. The number of esters is 1. The first-order chi connectivity index (χ1) is 20.4. The van der Waals surface area contributed by atoms with Crippen LogP contribution in [-0.2, 0) is 35.5 Å². The zero-order chi connectivity index (χ0) is 31.2. The molecule has 1 saturated heterocycles. The van der Waals surface area contributed by atoms with Crippen molar-refractivity contribution in [1.29, 1.82) is 0 Å². The van der Waals surface area contributed by atoms with Crippen molar-refractivity contribution in [3.63, 3.8) is 0 Å². The molecule has 13 nitrogen and oxygen atoms in total. The number of hydrogen-bond acceptors (Lipinski definition) is 11. The molecule has 0 saturated carbocycles. The number of thiazole rings is 1. The quantitative estimate of drug-likeness (QED) is 0.152. The van der Waals surface area contributed by atoms with Gasteiger partial charge in [-0.25, -0.2) is 27.3 Å². The van der Waals surface area contributed by atoms with Crippen LogP contribution in [0.25, 0.3) is 10.4 Å². The number of β-lactam (4-membered cyclic amide) rings is 1. The van der Waals surface area contributed by atoms with Gasteiger partial charge in [-0.1, -0.05) is 32.0 Å². The number of amides is 1. The molecule has 3 aromatic rings. The highest BCUT2D eigenvalue weighted by molar-refractivity contribution is 7.89. The standard InChI is InChI=1S/C28H32N4O9S2/c1-6-17-9-7-8-10-19(17)41-28(36)40-12-11-39-27(35)23-20(15(2)22-21(16(3)33)25(34)32(22)23)18-13-42-26-24(29-14-31(18)26)43(37,38)30(4)5/h7-10,13-16,21-22,33H,6,11-12H2,1-5H3/t15-,16+,21+,22+/m0/s1. The lowest BCUT2D eigenvalue weighted by atomic mass is 9.77. The maximum atomic E-state index is 13.5. The third-order valence-corrected chi connectivity index (χ3v) is 10.5. The van der Waals surface area contributed by atoms with Crippen molar-refractivity contribution in [3.8, 4) is 5.75 Å². The Morgan fingerprint density at radius 2 is 1.88 bits per heavy atom. The fourth-order valence-electron chi connectivity index (χ4n) is 5.55. The van der Waals surface area contributed by atoms with Crippen LogP contribution in [-0.4, -0.2) is 89.6 Å². The van der Waals surface area contributed by atoms with E-state index in [0.717, 1.165) is 21.2 Å². The molecular formula is C28H32N4O9S2. The highest BCUT2D eigenvalue weighted by Gasteiger charge is 2.60. The molecular weight excluding hydrogens is 600 g/mol. The molecule has 1 N–H and O–H groups in total. The molecule has 43 heavy (non-hydrogen) atoms. The maximum Gasteiger partial charge on any atom is 0.513 e. The van der Waals surface area contributed by atoms with E-state index in [9.17, 15) is 27.9 Å². The lowest BCUT2D eigenvalue weighted by Crippen LogP contribution is -2.63. The van der Waals surface area contributed by atoms with Crippen LogP contribution in [0.5, 0.6) is 5.75 Å². The summed E-state index contributed by atoms with van der Waals surface area (Å²) in [5, 5.41) is 11.9. The van der Waals surface area contributed by atoms with Gasteiger partial charge in [-0.15, -0.1) is 11.3 Å². The predicted molar refractivity (Wildman–Crippen MR) is 155 cm³/mol. The van der Waals surface area contributed by atoms with Gasteiger partial charge in [0.2, 0.25) is 10.9 Å². The van der Waals surface area contributed by atoms with E-state index in [2.05, 4.69) is 4.98 Å². The van der Waals surface area contributed by atoms with Gasteiger partial charge in [-0.3, -0.25) is 9.20 Å². The van der Waals surface area contributed by atoms with Crippen LogP contribution in [0.15, 0.2) is 46.7 Å². The number of ether oxygens (including phenoxy) is 3. The summed E-state index contributed by atoms with van der Waals surface area (Å²) in [6.07, 6.45) is 0.122. The van der Waals surface area contributed by atoms with Crippen LogP contribution in [0.1, 0.15) is 32.0 Å². The Labute approximate surface area is 252 Å². The summed E-state index contributed by atoms with van der Waals surface area (Å²) in [6.45, 7) is 4.68. The van der Waals surface area contributed by atoms with Crippen LogP contribution < -0.4 is 4.74 Å². The number of aliphatic hydroxyl groups is 1. The number of aromatic nitrogens is 2. The Kier molecular flexibility index (Phi) is 8.35. The van der Waals surface area contributed by atoms with Crippen molar-refractivity contribution in [3.05, 3.63) is 52.9 Å². The van der Waals surface area contributed by atoms with Crippen molar-refractivity contribution in [2.24, 2.45) is 11.8 Å². The van der Waals surface area contributed by atoms with Crippen LogP contribution >= 0.6 is 11.3 Å². The molecule has 0 bridgehead atoms. The summed E-state index contributed by atoms with van der Waals surface area (Å²) in [4.78, 5) is 44.6. The van der Waals surface area contributed by atoms with Crippen LogP contribution in [0.2, 0.25) is 0 Å². The summed E-state index contributed by atoms with van der Waals surface area (Å²) in [6, 6.07) is 6.54. The summed E-state index contributed by atoms with van der Waals surface area (Å²) >= 11 is 1.14. The average molecular weight is 633 g/mol. The number of benzene rings is 1. The third kappa shape index (κ3) is 5.19. The number of imidazole rings is 1. The minimum atomic E-state index is -3.84. The normalized spacial score (nSPS) is 20.8. The summed E-state index contributed by atoms with van der Waals surface area (Å²) in [7, 11) is -1.03. The average Bonchev–Trinajstić information content (AvgIpc) is 3.62. The number of para-hydroxylation sites is 1. The fraction of sp³-hybridized carbons (Fsp3) is 0.429. The van der Waals surface area contributed by atoms with Gasteiger partial charge in [0.15, 0.2) is 0 Å². The Bertz CT molecular complexity index is 1720. The number of hydrogen-bond donors (Lipinski definition) is 1. The van der Waals surface area contributed by atoms with Crippen LogP contribution in [0.3, 0.4) is 0 Å². The van der Waals surface area contributed by atoms with E-state index in [4.69, 9.17) is 14.2 Å². The number of rotatable bonds is 10. The fourth-order valence-corrected chi connectivity index (χ4v) is 7.73. The summed E-state index contributed by atoms with van der Waals surface area (Å²) in [5.41, 5.74) is 1.76. The molecule has 2 aliphatic rings. The maximum absolute atomic E-state index is 13.5. The van der Waals surface area contributed by atoms with Crippen molar-refractivity contribution in [1.82, 2.24) is 18.6 Å². The first kappa shape index (κ1) is 30.7. The molecule has 5 rings (SSSR count). The molecule has 4 atom stereocenters. The third-order valence-electron chi connectivity index (χ3n) is 7.68. The van der Waals surface area contributed by atoms with E-state index >= 15 is 0 Å². The number of carbonyl (C=O) groups excluding carboxylic acids is 3. The molecule has 1 amide bonds. The van der Waals surface area contributed by atoms with Crippen molar-refractivity contribution < 1.29 is 42.1 Å². The minimum absolute atomic E-state index is 0.00994. The number of nitrogens with zero attached hydrogens (tertiary/aromatic N) is 4. The molecule has 0 unspecified atom stereocenters. The number of carbonyl (C=O) groups is 3. The van der Waals surface area contributed by atoms with E-state index in [0.29, 0.717) is 28.3 Å². The Morgan fingerprint density at radius 1 is 1.19 bits per heavy atom. The second kappa shape index (κ2) is 11.7. The van der Waals surface area contributed by atoms with E-state index in [1.54, 1.807) is 21.9 Å². The Hall–Kier alpha value is -3.79. The van der Waals surface area contributed by atoms with Crippen LogP contribution in [0, 0.1) is 11.8 Å². The SMILES string of the molecule is CCc1ccccc1OC(=O)OCCOC(=O)C1=C(c2csc3c(S(=O)(=O)N(C)C)ncn23)[C@H](C)[C@@H]2[C@@H]([C@@H](C)O)C(=O)N12. The zero-order valence-electron chi connectivity index (χ0n) is 24.2. The molecule has 1 aromatic carbocycles. The van der Waals surface area contributed by atoms with Gasteiger partial charge in [0.25, 0.3) is 10.0 Å². The van der Waals surface area contributed by atoms with E-state index in [1.807, 2.05) is 26.0 Å². The van der Waals surface area contributed by atoms with Gasteiger partial charge in [0.05, 0.1) is 23.8 Å². The number of sulfonamides is 1. The van der Waals surface area contributed by atoms with Gasteiger partial charge in [-0.2, -0.15) is 0 Å². The highest BCUT2D eigenvalue weighted by Crippen LogP contribution is 2.51. The smallest absolute Gasteiger partial charge is 0.457 e. The largest absolute Gasteiger partial charge is 0.513 e. The lowest BCUT2D eigenvalue weighted by Gasteiger charge is -2.46. The zero-order valence-corrected chi connectivity index (χ0v) is 25.8. The van der Waals surface area contributed by atoms with Gasteiger partial charge < -0.3 is 24.2 Å². The lowest BCUT2D eigenvalue weighted by molar-refractivity contribution is -0.164. The molecule has 2 aliphatic heterocycles. The molecule has 4 heterocycles. The Balaban J connectivity index is 1.38. The second-order valence-corrected chi connectivity index (χ2v) is 13.4. The summed E-state index contributed by atoms with van der Waals surface area (Å²) < 4.78 is 44.1. The van der Waals surface area contributed by atoms with Gasteiger partial charge in [0, 0.05) is 31.0 Å². The van der Waals surface area contributed by atoms with E-state index in [-0.39, 0.29) is 23.9 Å². The monoisotopic (exact) mass is 632 g/mol. The van der Waals surface area contributed by atoms with Crippen molar-refractivity contribution in [2.45, 2.75) is 44.4 Å². The van der Waals surface area contributed by atoms with Gasteiger partial charge in [0.1, 0.15) is 35.8 Å². The van der Waals surface area contributed by atoms with Gasteiger partial charge >= 0.3 is 12.1 Å². The molecule has 0 spiro atoms. The highest BCUT2D eigenvalue weighted by atomic mass is 32.2. The molecule has 2 aromatic heterocycles. The Morgan fingerprint density at radius 3 is 2.56 bits per heavy atom. The number of aliphatic hydroxyl groups excluding tert-OH is 1. The predicted octanol–water partition coefficient (Wildman–Crippen LogP) is 2.54. The number of aryl methyl sites for hydroxylation is 1. The molecule has 15 heteroatoms. The molecule has 230 valence electrons. The van der Waals surface area contributed by atoms with E-state index in [1.165, 1.54) is 32.2 Å².